The lowest BCUT2D eigenvalue weighted by Gasteiger charge is -2.12. The first-order valence-electron chi connectivity index (χ1n) is 9.81. The van der Waals surface area contributed by atoms with Gasteiger partial charge in [0.2, 0.25) is 0 Å². The summed E-state index contributed by atoms with van der Waals surface area (Å²) in [6, 6.07) is 16.5. The lowest BCUT2D eigenvalue weighted by atomic mass is 10.2. The summed E-state index contributed by atoms with van der Waals surface area (Å²) in [5.74, 6) is -1.04. The number of nitrogens with zero attached hydrogens (tertiary/aromatic N) is 1. The molecule has 0 atom stereocenters. The molecule has 4 rings (SSSR count). The average Bonchev–Trinajstić information content (AvgIpc) is 3.08. The predicted molar refractivity (Wildman–Crippen MR) is 132 cm³/mol. The van der Waals surface area contributed by atoms with Crippen molar-refractivity contribution >= 4 is 69.5 Å². The number of nitrogens with one attached hydrogen (secondary N) is 1. The van der Waals surface area contributed by atoms with E-state index in [1.54, 1.807) is 48.5 Å². The topological polar surface area (TPSA) is 75.7 Å². The Balaban J connectivity index is 1.41. The van der Waals surface area contributed by atoms with Gasteiger partial charge in [0, 0.05) is 10.7 Å². The summed E-state index contributed by atoms with van der Waals surface area (Å²) in [6.45, 7) is -0.309. The number of ether oxygens (including phenoxy) is 1. The van der Waals surface area contributed by atoms with E-state index in [1.807, 2.05) is 0 Å². The summed E-state index contributed by atoms with van der Waals surface area (Å²) in [6.07, 6.45) is 1.55. The third-order valence-electron chi connectivity index (χ3n) is 4.62. The van der Waals surface area contributed by atoms with Crippen LogP contribution in [0.5, 0.6) is 5.75 Å². The highest BCUT2D eigenvalue weighted by atomic mass is 35.5. The summed E-state index contributed by atoms with van der Waals surface area (Å²) in [4.78, 5) is 38.5. The molecular weight excluding hydrogens is 502 g/mol. The van der Waals surface area contributed by atoms with Crippen LogP contribution in [0.1, 0.15) is 5.56 Å². The van der Waals surface area contributed by atoms with Gasteiger partial charge in [-0.15, -0.1) is 0 Å². The summed E-state index contributed by atoms with van der Waals surface area (Å²) < 4.78 is 18.4. The van der Waals surface area contributed by atoms with Crippen LogP contribution >= 0.6 is 35.0 Å². The summed E-state index contributed by atoms with van der Waals surface area (Å²) >= 11 is 13.0. The molecule has 1 N–H and O–H groups in total. The van der Waals surface area contributed by atoms with Crippen LogP contribution in [0.3, 0.4) is 0 Å². The van der Waals surface area contributed by atoms with Crippen molar-refractivity contribution < 1.29 is 23.5 Å². The number of imide groups is 1. The standard InChI is InChI=1S/C24H15Cl2FN2O4S/c25-15-2-8-18(9-3-15)29-23(31)21(34-24(29)32)12-14-1-10-20(19(26)11-14)33-13-22(30)28-17-6-4-16(27)5-7-17/h1-12H,13H2,(H,28,30)/b21-12+. The molecule has 1 aliphatic rings. The molecule has 3 amide bonds. The van der Waals surface area contributed by atoms with Crippen molar-refractivity contribution in [3.05, 3.63) is 93.1 Å². The third kappa shape index (κ3) is 5.59. The number of benzene rings is 3. The van der Waals surface area contributed by atoms with Crippen molar-refractivity contribution in [3.63, 3.8) is 0 Å². The first-order chi connectivity index (χ1) is 16.3. The zero-order valence-corrected chi connectivity index (χ0v) is 19.6. The minimum Gasteiger partial charge on any atom is -0.482 e. The Hall–Kier alpha value is -3.33. The fourth-order valence-corrected chi connectivity index (χ4v) is 4.24. The molecular formula is C24H15Cl2FN2O4S. The van der Waals surface area contributed by atoms with E-state index < -0.39 is 22.9 Å². The molecule has 1 heterocycles. The number of rotatable bonds is 6. The number of anilines is 2. The molecule has 1 fully saturated rings. The van der Waals surface area contributed by atoms with Crippen LogP contribution in [-0.4, -0.2) is 23.7 Å². The predicted octanol–water partition coefficient (Wildman–Crippen LogP) is 6.39. The van der Waals surface area contributed by atoms with E-state index in [-0.39, 0.29) is 22.3 Å². The molecule has 0 spiro atoms. The van der Waals surface area contributed by atoms with E-state index in [0.717, 1.165) is 16.7 Å². The molecule has 1 aliphatic heterocycles. The van der Waals surface area contributed by atoms with E-state index in [1.165, 1.54) is 24.3 Å². The van der Waals surface area contributed by atoms with Crippen LogP contribution in [0.25, 0.3) is 6.08 Å². The molecule has 0 aliphatic carbocycles. The molecule has 0 bridgehead atoms. The molecule has 0 aromatic heterocycles. The first-order valence-corrected chi connectivity index (χ1v) is 11.4. The Morgan fingerprint density at radius 2 is 1.74 bits per heavy atom. The van der Waals surface area contributed by atoms with Gasteiger partial charge in [-0.3, -0.25) is 14.4 Å². The van der Waals surface area contributed by atoms with Crippen LogP contribution in [0.4, 0.5) is 20.6 Å². The maximum atomic E-state index is 12.9. The van der Waals surface area contributed by atoms with E-state index in [2.05, 4.69) is 5.32 Å². The summed E-state index contributed by atoms with van der Waals surface area (Å²) in [5, 5.41) is 2.88. The molecule has 3 aromatic carbocycles. The van der Waals surface area contributed by atoms with Crippen molar-refractivity contribution in [1.82, 2.24) is 0 Å². The minimum atomic E-state index is -0.453. The van der Waals surface area contributed by atoms with Gasteiger partial charge in [0.1, 0.15) is 11.6 Å². The van der Waals surface area contributed by atoms with Gasteiger partial charge in [-0.1, -0.05) is 29.3 Å². The second-order valence-electron chi connectivity index (χ2n) is 7.03. The maximum absolute atomic E-state index is 12.9. The van der Waals surface area contributed by atoms with Gasteiger partial charge in [0.05, 0.1) is 15.6 Å². The smallest absolute Gasteiger partial charge is 0.298 e. The zero-order chi connectivity index (χ0) is 24.2. The number of amides is 3. The van der Waals surface area contributed by atoms with Gasteiger partial charge in [0.25, 0.3) is 17.1 Å². The van der Waals surface area contributed by atoms with Gasteiger partial charge in [-0.05, 0) is 84.1 Å². The highest BCUT2D eigenvalue weighted by Gasteiger charge is 2.36. The van der Waals surface area contributed by atoms with Gasteiger partial charge >= 0.3 is 0 Å². The highest BCUT2D eigenvalue weighted by Crippen LogP contribution is 2.37. The molecule has 3 aromatic rings. The Morgan fingerprint density at radius 1 is 1.03 bits per heavy atom. The zero-order valence-electron chi connectivity index (χ0n) is 17.3. The average molecular weight is 517 g/mol. The van der Waals surface area contributed by atoms with E-state index in [0.29, 0.717) is 22.0 Å². The maximum Gasteiger partial charge on any atom is 0.298 e. The number of carbonyl (C=O) groups excluding carboxylic acids is 3. The van der Waals surface area contributed by atoms with Crippen LogP contribution < -0.4 is 15.0 Å². The first kappa shape index (κ1) is 23.8. The molecule has 1 saturated heterocycles. The number of hydrogen-bond donors (Lipinski definition) is 1. The summed E-state index contributed by atoms with van der Waals surface area (Å²) in [7, 11) is 0. The van der Waals surface area contributed by atoms with Crippen molar-refractivity contribution in [2.24, 2.45) is 0 Å². The van der Waals surface area contributed by atoms with Crippen molar-refractivity contribution in [1.29, 1.82) is 0 Å². The quantitative estimate of drug-likeness (QED) is 0.384. The Morgan fingerprint density at radius 3 is 2.41 bits per heavy atom. The van der Waals surface area contributed by atoms with Crippen LogP contribution in [0.2, 0.25) is 10.0 Å². The highest BCUT2D eigenvalue weighted by molar-refractivity contribution is 8.19. The minimum absolute atomic E-state index is 0.222. The Labute approximate surface area is 208 Å². The second-order valence-corrected chi connectivity index (χ2v) is 8.86. The molecule has 0 unspecified atom stereocenters. The van der Waals surface area contributed by atoms with Crippen molar-refractivity contribution in [2.45, 2.75) is 0 Å². The SMILES string of the molecule is O=C(COc1ccc(/C=C2/SC(=O)N(c3ccc(Cl)cc3)C2=O)cc1Cl)Nc1ccc(F)cc1. The molecule has 0 radical (unpaired) electrons. The number of hydrogen-bond acceptors (Lipinski definition) is 5. The van der Waals surface area contributed by atoms with E-state index >= 15 is 0 Å². The van der Waals surface area contributed by atoms with E-state index in [4.69, 9.17) is 27.9 Å². The molecule has 172 valence electrons. The molecule has 6 nitrogen and oxygen atoms in total. The van der Waals surface area contributed by atoms with Crippen LogP contribution in [-0.2, 0) is 9.59 Å². The number of carbonyl (C=O) groups is 3. The normalized spacial score (nSPS) is 14.6. The summed E-state index contributed by atoms with van der Waals surface area (Å²) in [5.41, 5.74) is 1.44. The van der Waals surface area contributed by atoms with Gasteiger partial charge in [-0.2, -0.15) is 0 Å². The van der Waals surface area contributed by atoms with Crippen molar-refractivity contribution in [3.8, 4) is 5.75 Å². The van der Waals surface area contributed by atoms with Crippen LogP contribution in [0, 0.1) is 5.82 Å². The lowest BCUT2D eigenvalue weighted by molar-refractivity contribution is -0.118. The van der Waals surface area contributed by atoms with Gasteiger partial charge in [0.15, 0.2) is 6.61 Å². The lowest BCUT2D eigenvalue weighted by Crippen LogP contribution is -2.27. The Bertz CT molecular complexity index is 1300. The molecule has 10 heteroatoms. The number of thioether (sulfide) groups is 1. The molecule has 34 heavy (non-hydrogen) atoms. The van der Waals surface area contributed by atoms with Crippen molar-refractivity contribution in [2.75, 3.05) is 16.8 Å². The number of halogens is 3. The fourth-order valence-electron chi connectivity index (χ4n) is 3.03. The molecule has 0 saturated carbocycles. The fraction of sp³-hybridized carbons (Fsp3) is 0.0417. The third-order valence-corrected chi connectivity index (χ3v) is 6.04. The van der Waals surface area contributed by atoms with Crippen LogP contribution in [0.15, 0.2) is 71.6 Å². The second kappa shape index (κ2) is 10.3. The Kier molecular flexibility index (Phi) is 7.21. The van der Waals surface area contributed by atoms with E-state index in [9.17, 15) is 18.8 Å². The van der Waals surface area contributed by atoms with Gasteiger partial charge < -0.3 is 10.1 Å². The van der Waals surface area contributed by atoms with Gasteiger partial charge in [-0.25, -0.2) is 9.29 Å². The monoisotopic (exact) mass is 516 g/mol. The largest absolute Gasteiger partial charge is 0.482 e.